The zero-order valence-electron chi connectivity index (χ0n) is 10.3. The Morgan fingerprint density at radius 1 is 1.53 bits per heavy atom. The quantitative estimate of drug-likeness (QED) is 0.775. The largest absolute Gasteiger partial charge is 0.491 e. The SMILES string of the molecule is CCOc1cc(NCC2CC2C)c(N)cc1F. The first-order valence-corrected chi connectivity index (χ1v) is 6.07. The summed E-state index contributed by atoms with van der Waals surface area (Å²) in [5, 5.41) is 3.26. The molecule has 0 aromatic heterocycles. The molecule has 1 aromatic carbocycles. The molecule has 1 aromatic rings. The molecule has 0 spiro atoms. The van der Waals surface area contributed by atoms with Gasteiger partial charge in [-0.1, -0.05) is 6.92 Å². The predicted octanol–water partition coefficient (Wildman–Crippen LogP) is 2.87. The van der Waals surface area contributed by atoms with Gasteiger partial charge < -0.3 is 15.8 Å². The maximum atomic E-state index is 13.5. The molecule has 0 radical (unpaired) electrons. The average molecular weight is 238 g/mol. The van der Waals surface area contributed by atoms with E-state index in [0.717, 1.165) is 24.1 Å². The number of nitrogens with two attached hydrogens (primary N) is 1. The van der Waals surface area contributed by atoms with Crippen LogP contribution in [0, 0.1) is 17.7 Å². The van der Waals surface area contributed by atoms with Gasteiger partial charge in [-0.3, -0.25) is 0 Å². The van der Waals surface area contributed by atoms with Gasteiger partial charge in [0.05, 0.1) is 18.0 Å². The zero-order chi connectivity index (χ0) is 12.4. The van der Waals surface area contributed by atoms with Gasteiger partial charge in [0.1, 0.15) is 0 Å². The third kappa shape index (κ3) is 2.81. The van der Waals surface area contributed by atoms with Crippen LogP contribution >= 0.6 is 0 Å². The van der Waals surface area contributed by atoms with E-state index in [1.165, 1.54) is 12.5 Å². The lowest BCUT2D eigenvalue weighted by Gasteiger charge is -2.12. The molecular weight excluding hydrogens is 219 g/mol. The Morgan fingerprint density at radius 2 is 2.24 bits per heavy atom. The van der Waals surface area contributed by atoms with Crippen molar-refractivity contribution in [1.29, 1.82) is 0 Å². The van der Waals surface area contributed by atoms with Gasteiger partial charge in [0.25, 0.3) is 0 Å². The van der Waals surface area contributed by atoms with E-state index in [9.17, 15) is 4.39 Å². The summed E-state index contributed by atoms with van der Waals surface area (Å²) in [6.07, 6.45) is 1.26. The van der Waals surface area contributed by atoms with Crippen molar-refractivity contribution in [3.8, 4) is 5.75 Å². The van der Waals surface area contributed by atoms with Crippen molar-refractivity contribution in [1.82, 2.24) is 0 Å². The van der Waals surface area contributed by atoms with E-state index in [2.05, 4.69) is 12.2 Å². The summed E-state index contributed by atoms with van der Waals surface area (Å²) >= 11 is 0. The van der Waals surface area contributed by atoms with Crippen LogP contribution in [0.4, 0.5) is 15.8 Å². The van der Waals surface area contributed by atoms with Crippen molar-refractivity contribution in [2.45, 2.75) is 20.3 Å². The topological polar surface area (TPSA) is 47.3 Å². The maximum absolute atomic E-state index is 13.5. The van der Waals surface area contributed by atoms with Crippen molar-refractivity contribution in [2.75, 3.05) is 24.2 Å². The number of hydrogen-bond donors (Lipinski definition) is 2. The van der Waals surface area contributed by atoms with Gasteiger partial charge >= 0.3 is 0 Å². The van der Waals surface area contributed by atoms with Crippen LogP contribution in [0.5, 0.6) is 5.75 Å². The molecule has 2 atom stereocenters. The molecule has 2 unspecified atom stereocenters. The van der Waals surface area contributed by atoms with Crippen molar-refractivity contribution >= 4 is 11.4 Å². The fourth-order valence-electron chi connectivity index (χ4n) is 1.91. The van der Waals surface area contributed by atoms with Crippen molar-refractivity contribution in [2.24, 2.45) is 11.8 Å². The van der Waals surface area contributed by atoms with Crippen LogP contribution in [0.1, 0.15) is 20.3 Å². The Bertz CT molecular complexity index is 409. The summed E-state index contributed by atoms with van der Waals surface area (Å²) in [6, 6.07) is 2.95. The summed E-state index contributed by atoms with van der Waals surface area (Å²) in [6.45, 7) is 5.39. The highest BCUT2D eigenvalue weighted by Gasteiger charge is 2.32. The molecule has 0 amide bonds. The van der Waals surface area contributed by atoms with Crippen LogP contribution in [0.3, 0.4) is 0 Å². The highest BCUT2D eigenvalue weighted by atomic mass is 19.1. The lowest BCUT2D eigenvalue weighted by atomic mass is 10.2. The van der Waals surface area contributed by atoms with Gasteiger partial charge in [-0.2, -0.15) is 0 Å². The zero-order valence-corrected chi connectivity index (χ0v) is 10.3. The molecule has 3 N–H and O–H groups in total. The fourth-order valence-corrected chi connectivity index (χ4v) is 1.91. The lowest BCUT2D eigenvalue weighted by Crippen LogP contribution is -2.08. The van der Waals surface area contributed by atoms with Gasteiger partial charge in [-0.25, -0.2) is 4.39 Å². The summed E-state index contributed by atoms with van der Waals surface area (Å²) in [5.74, 6) is 1.35. The second kappa shape index (κ2) is 4.82. The van der Waals surface area contributed by atoms with Crippen molar-refractivity contribution in [3.63, 3.8) is 0 Å². The van der Waals surface area contributed by atoms with Crippen molar-refractivity contribution < 1.29 is 9.13 Å². The number of halogens is 1. The molecule has 1 aliphatic carbocycles. The minimum Gasteiger partial charge on any atom is -0.491 e. The molecule has 1 saturated carbocycles. The molecule has 2 rings (SSSR count). The van der Waals surface area contributed by atoms with E-state index in [0.29, 0.717) is 12.3 Å². The smallest absolute Gasteiger partial charge is 0.167 e. The number of anilines is 2. The van der Waals surface area contributed by atoms with Gasteiger partial charge in [0, 0.05) is 18.7 Å². The normalized spacial score (nSPS) is 22.3. The molecule has 1 aliphatic rings. The Hall–Kier alpha value is -1.45. The van der Waals surface area contributed by atoms with E-state index >= 15 is 0 Å². The van der Waals surface area contributed by atoms with Crippen LogP contribution in [-0.4, -0.2) is 13.2 Å². The summed E-state index contributed by atoms with van der Waals surface area (Å²) in [4.78, 5) is 0. The highest BCUT2D eigenvalue weighted by Crippen LogP contribution is 2.38. The van der Waals surface area contributed by atoms with E-state index in [4.69, 9.17) is 10.5 Å². The van der Waals surface area contributed by atoms with Crippen molar-refractivity contribution in [3.05, 3.63) is 17.9 Å². The molecule has 0 saturated heterocycles. The predicted molar refractivity (Wildman–Crippen MR) is 67.7 cm³/mol. The molecule has 1 fully saturated rings. The number of nitrogen functional groups attached to an aromatic ring is 1. The van der Waals surface area contributed by atoms with Crippen LogP contribution < -0.4 is 15.8 Å². The molecule has 3 nitrogen and oxygen atoms in total. The first-order chi connectivity index (χ1) is 8.11. The number of rotatable bonds is 5. The first-order valence-electron chi connectivity index (χ1n) is 6.07. The minimum absolute atomic E-state index is 0.257. The number of ether oxygens (including phenoxy) is 1. The summed E-state index contributed by atoms with van der Waals surface area (Å²) in [7, 11) is 0. The van der Waals surface area contributed by atoms with Crippen LogP contribution in [0.15, 0.2) is 12.1 Å². The monoisotopic (exact) mass is 238 g/mol. The van der Waals surface area contributed by atoms with E-state index in [-0.39, 0.29) is 5.75 Å². The summed E-state index contributed by atoms with van der Waals surface area (Å²) in [5.41, 5.74) is 6.96. The second-order valence-electron chi connectivity index (χ2n) is 4.66. The second-order valence-corrected chi connectivity index (χ2v) is 4.66. The van der Waals surface area contributed by atoms with Crippen LogP contribution in [0.25, 0.3) is 0 Å². The number of benzene rings is 1. The molecule has 17 heavy (non-hydrogen) atoms. The van der Waals surface area contributed by atoms with Gasteiger partial charge in [0.15, 0.2) is 11.6 Å². The third-order valence-electron chi connectivity index (χ3n) is 3.23. The fraction of sp³-hybridized carbons (Fsp3) is 0.538. The molecular formula is C13H19FN2O. The third-order valence-corrected chi connectivity index (χ3v) is 3.23. The van der Waals surface area contributed by atoms with E-state index < -0.39 is 5.82 Å². The number of nitrogens with one attached hydrogen (secondary N) is 1. The molecule has 0 heterocycles. The Labute approximate surface area is 101 Å². The lowest BCUT2D eigenvalue weighted by molar-refractivity contribution is 0.322. The molecule has 0 aliphatic heterocycles. The standard InChI is InChI=1S/C13H19FN2O/c1-3-17-13-6-12(11(15)5-10(13)14)16-7-9-4-8(9)2/h5-6,8-9,16H,3-4,7,15H2,1-2H3. The minimum atomic E-state index is -0.408. The van der Waals surface area contributed by atoms with E-state index in [1.54, 1.807) is 6.07 Å². The molecule has 94 valence electrons. The first kappa shape index (κ1) is 12.0. The van der Waals surface area contributed by atoms with E-state index in [1.807, 2.05) is 6.92 Å². The molecule has 4 heteroatoms. The Morgan fingerprint density at radius 3 is 2.82 bits per heavy atom. The van der Waals surface area contributed by atoms with Crippen LogP contribution in [0.2, 0.25) is 0 Å². The molecule has 0 bridgehead atoms. The van der Waals surface area contributed by atoms with Gasteiger partial charge in [-0.15, -0.1) is 0 Å². The van der Waals surface area contributed by atoms with Gasteiger partial charge in [0.2, 0.25) is 0 Å². The maximum Gasteiger partial charge on any atom is 0.167 e. The van der Waals surface area contributed by atoms with Gasteiger partial charge in [-0.05, 0) is 25.2 Å². The highest BCUT2D eigenvalue weighted by molar-refractivity contribution is 5.68. The Kier molecular flexibility index (Phi) is 3.41. The van der Waals surface area contributed by atoms with Crippen LogP contribution in [-0.2, 0) is 0 Å². The average Bonchev–Trinajstić information content (AvgIpc) is 2.97. The number of hydrogen-bond acceptors (Lipinski definition) is 3. The Balaban J connectivity index is 2.06. The summed E-state index contributed by atoms with van der Waals surface area (Å²) < 4.78 is 18.7.